The van der Waals surface area contributed by atoms with E-state index < -0.39 is 0 Å². The Morgan fingerprint density at radius 1 is 0.508 bits per heavy atom. The fraction of sp³-hybridized carbons (Fsp3) is 0.0943. The van der Waals surface area contributed by atoms with Gasteiger partial charge in [-0.3, -0.25) is 19.2 Å². The summed E-state index contributed by atoms with van der Waals surface area (Å²) in [6, 6.07) is 35.6. The van der Waals surface area contributed by atoms with Crippen molar-refractivity contribution in [3.8, 4) is 34.5 Å². The van der Waals surface area contributed by atoms with Gasteiger partial charge >= 0.3 is 0 Å². The second kappa shape index (κ2) is 21.0. The summed E-state index contributed by atoms with van der Waals surface area (Å²) >= 11 is 2.59. The van der Waals surface area contributed by atoms with Crippen molar-refractivity contribution in [1.82, 2.24) is 0 Å². The molecule has 2 heterocycles. The van der Waals surface area contributed by atoms with Gasteiger partial charge in [-0.25, -0.2) is 0 Å². The van der Waals surface area contributed by atoms with Crippen LogP contribution in [0.25, 0.3) is 32.3 Å². The number of ketones is 2. The minimum absolute atomic E-state index is 0. The molecule has 0 aliphatic carbocycles. The number of benzene rings is 6. The SMILES string of the molecule is C.Cc1cc(C)cc(C(=O)c2sc3cc(O)ccc3c2Oc2ccc(/C=C/OC=O)cc2)c1.Cc1ccc(C(=O)c2sc3cc(O)ccc3c2Oc2ccc(/C=C/OC=O)cc2)cc1C. The van der Waals surface area contributed by atoms with Crippen LogP contribution in [0.1, 0.15) is 71.3 Å². The third kappa shape index (κ3) is 11.2. The van der Waals surface area contributed by atoms with Crippen LogP contribution < -0.4 is 9.47 Å². The van der Waals surface area contributed by atoms with Crippen LogP contribution in [-0.2, 0) is 19.1 Å². The van der Waals surface area contributed by atoms with Gasteiger partial charge in [-0.05, 0) is 141 Å². The number of thiophene rings is 2. The summed E-state index contributed by atoms with van der Waals surface area (Å²) < 4.78 is 23.0. The highest BCUT2D eigenvalue weighted by atomic mass is 32.1. The predicted octanol–water partition coefficient (Wildman–Crippen LogP) is 13.4. The number of phenolic OH excluding ortho intramolecular Hbond substituents is 2. The summed E-state index contributed by atoms with van der Waals surface area (Å²) in [5.74, 6) is 2.03. The van der Waals surface area contributed by atoms with Gasteiger partial charge in [-0.1, -0.05) is 61.0 Å². The van der Waals surface area contributed by atoms with Crippen molar-refractivity contribution in [2.24, 2.45) is 0 Å². The highest BCUT2D eigenvalue weighted by Gasteiger charge is 2.24. The lowest BCUT2D eigenvalue weighted by Gasteiger charge is -2.09. The lowest BCUT2D eigenvalue weighted by atomic mass is 10.0. The molecule has 8 aromatic rings. The molecule has 6 aromatic carbocycles. The van der Waals surface area contributed by atoms with Crippen LogP contribution in [0.15, 0.2) is 134 Å². The van der Waals surface area contributed by atoms with E-state index in [9.17, 15) is 29.4 Å². The van der Waals surface area contributed by atoms with Crippen LogP contribution in [0.2, 0.25) is 0 Å². The van der Waals surface area contributed by atoms with E-state index in [1.807, 2.05) is 88.4 Å². The van der Waals surface area contributed by atoms with E-state index in [-0.39, 0.29) is 30.5 Å². The Kier molecular flexibility index (Phi) is 15.1. The van der Waals surface area contributed by atoms with Gasteiger partial charge < -0.3 is 29.2 Å². The summed E-state index contributed by atoms with van der Waals surface area (Å²) in [4.78, 5) is 48.3. The Hall–Kier alpha value is -7.80. The average molecular weight is 905 g/mol. The molecule has 0 spiro atoms. The molecule has 0 amide bonds. The van der Waals surface area contributed by atoms with Crippen LogP contribution in [0.4, 0.5) is 0 Å². The number of hydrogen-bond donors (Lipinski definition) is 2. The number of phenols is 2. The number of carbonyl (C=O) groups excluding carboxylic acids is 4. The van der Waals surface area contributed by atoms with E-state index in [4.69, 9.17) is 9.47 Å². The van der Waals surface area contributed by atoms with Crippen LogP contribution in [0.3, 0.4) is 0 Å². The minimum atomic E-state index is -0.130. The topological polar surface area (TPSA) is 146 Å². The standard InChI is InChI=1S/2C26H20O5S.CH4/c1-16-3-6-19(13-17(16)2)24(29)26-25(22-10-7-20(28)14-23(22)32-26)31-21-8-4-18(5-9-21)11-12-30-15-27;1-16-11-17(2)13-19(12-16)24(29)26-25(22-8-5-20(28)14-23(22)32-26)31-21-6-3-18(4-7-21)9-10-30-15-27;/h2*3-15,28H,1-2H3;1H4/b12-11+;10-9+;. The number of aryl methyl sites for hydroxylation is 4. The number of aromatic hydroxyl groups is 2. The summed E-state index contributed by atoms with van der Waals surface area (Å²) in [6.07, 6.45) is 5.88. The van der Waals surface area contributed by atoms with E-state index in [0.717, 1.165) is 53.6 Å². The Morgan fingerprint density at radius 2 is 0.954 bits per heavy atom. The molecule has 0 aliphatic rings. The molecule has 10 nitrogen and oxygen atoms in total. The molecule has 8 rings (SSSR count). The van der Waals surface area contributed by atoms with E-state index in [1.54, 1.807) is 72.8 Å². The van der Waals surface area contributed by atoms with E-state index in [1.165, 1.54) is 35.2 Å². The second-order valence-corrected chi connectivity index (χ2v) is 16.7. The van der Waals surface area contributed by atoms with Gasteiger partial charge in [0.1, 0.15) is 32.8 Å². The number of fused-ring (bicyclic) bond motifs is 2. The Balaban J connectivity index is 0.000000212. The zero-order valence-corrected chi connectivity index (χ0v) is 36.6. The zero-order chi connectivity index (χ0) is 45.3. The molecular weight excluding hydrogens is 861 g/mol. The molecule has 0 radical (unpaired) electrons. The highest BCUT2D eigenvalue weighted by Crippen LogP contribution is 2.44. The lowest BCUT2D eigenvalue weighted by Crippen LogP contribution is -2.02. The van der Waals surface area contributed by atoms with Crippen molar-refractivity contribution in [3.05, 3.63) is 188 Å². The van der Waals surface area contributed by atoms with Crippen LogP contribution >= 0.6 is 22.7 Å². The number of ether oxygens (including phenoxy) is 4. The molecule has 0 saturated carbocycles. The van der Waals surface area contributed by atoms with Crippen molar-refractivity contribution >= 4 is 79.5 Å². The smallest absolute Gasteiger partial charge is 0.297 e. The summed E-state index contributed by atoms with van der Waals surface area (Å²) in [5, 5.41) is 21.3. The fourth-order valence-corrected chi connectivity index (χ4v) is 8.96. The number of carbonyl (C=O) groups is 4. The van der Waals surface area contributed by atoms with E-state index in [0.29, 0.717) is 56.8 Å². The Morgan fingerprint density at radius 3 is 1.38 bits per heavy atom. The first-order valence-corrected chi connectivity index (χ1v) is 21.4. The molecule has 0 aliphatic heterocycles. The maximum absolute atomic E-state index is 13.4. The third-order valence-electron chi connectivity index (χ3n) is 9.91. The molecule has 0 bridgehead atoms. The predicted molar refractivity (Wildman–Crippen MR) is 258 cm³/mol. The lowest BCUT2D eigenvalue weighted by molar-refractivity contribution is -0.124. The van der Waals surface area contributed by atoms with E-state index in [2.05, 4.69) is 9.47 Å². The van der Waals surface area contributed by atoms with E-state index >= 15 is 0 Å². The van der Waals surface area contributed by atoms with Gasteiger partial charge in [-0.15, -0.1) is 22.7 Å². The minimum Gasteiger partial charge on any atom is -0.508 e. The molecule has 65 heavy (non-hydrogen) atoms. The van der Waals surface area contributed by atoms with Gasteiger partial charge in [0.25, 0.3) is 12.9 Å². The Labute approximate surface area is 383 Å². The monoisotopic (exact) mass is 904 g/mol. The van der Waals surface area contributed by atoms with Crippen molar-refractivity contribution in [2.45, 2.75) is 35.1 Å². The largest absolute Gasteiger partial charge is 0.508 e. The second-order valence-electron chi connectivity index (χ2n) is 14.6. The number of rotatable bonds is 14. The first kappa shape index (κ1) is 46.7. The van der Waals surface area contributed by atoms with Gasteiger partial charge in [0.15, 0.2) is 11.5 Å². The molecule has 2 N–H and O–H groups in total. The van der Waals surface area contributed by atoms with Crippen molar-refractivity contribution in [1.29, 1.82) is 0 Å². The van der Waals surface area contributed by atoms with Crippen molar-refractivity contribution < 1.29 is 48.3 Å². The van der Waals surface area contributed by atoms with Crippen LogP contribution in [-0.4, -0.2) is 34.7 Å². The van der Waals surface area contributed by atoms with Gasteiger partial charge in [-0.2, -0.15) is 0 Å². The molecule has 0 saturated heterocycles. The number of hydrogen-bond acceptors (Lipinski definition) is 12. The average Bonchev–Trinajstić information content (AvgIpc) is 3.82. The maximum atomic E-state index is 13.4. The van der Waals surface area contributed by atoms with Gasteiger partial charge in [0, 0.05) is 31.3 Å². The van der Waals surface area contributed by atoms with Gasteiger partial charge in [0.05, 0.1) is 12.5 Å². The molecule has 0 atom stereocenters. The maximum Gasteiger partial charge on any atom is 0.297 e. The Bertz CT molecular complexity index is 3060. The molecule has 328 valence electrons. The molecular formula is C53H44O10S2. The normalized spacial score (nSPS) is 10.9. The quantitative estimate of drug-likeness (QED) is 0.0614. The first-order valence-electron chi connectivity index (χ1n) is 19.7. The fourth-order valence-electron chi connectivity index (χ4n) is 6.71. The van der Waals surface area contributed by atoms with Crippen molar-refractivity contribution in [2.75, 3.05) is 0 Å². The van der Waals surface area contributed by atoms with Gasteiger partial charge in [0.2, 0.25) is 11.6 Å². The van der Waals surface area contributed by atoms with Crippen LogP contribution in [0, 0.1) is 27.7 Å². The molecule has 0 fully saturated rings. The third-order valence-corrected chi connectivity index (χ3v) is 12.2. The molecule has 2 aromatic heterocycles. The summed E-state index contributed by atoms with van der Waals surface area (Å²) in [7, 11) is 0. The first-order chi connectivity index (χ1) is 30.9. The van der Waals surface area contributed by atoms with Crippen molar-refractivity contribution in [3.63, 3.8) is 0 Å². The molecule has 12 heteroatoms. The summed E-state index contributed by atoms with van der Waals surface area (Å²) in [6.45, 7) is 8.59. The zero-order valence-electron chi connectivity index (χ0n) is 35.0. The molecule has 0 unspecified atom stereocenters. The summed E-state index contributed by atoms with van der Waals surface area (Å²) in [5.41, 5.74) is 7.01. The van der Waals surface area contributed by atoms with Crippen LogP contribution in [0.5, 0.6) is 34.5 Å². The highest BCUT2D eigenvalue weighted by molar-refractivity contribution is 7.22.